The minimum Gasteiger partial charge on any atom is -0.324 e. The third-order valence-electron chi connectivity index (χ3n) is 4.42. The monoisotopic (exact) mass is 375 g/mol. The zero-order chi connectivity index (χ0) is 19.7. The van der Waals surface area contributed by atoms with E-state index in [2.05, 4.69) is 25.9 Å². The molecule has 0 atom stereocenters. The van der Waals surface area contributed by atoms with Crippen LogP contribution in [0, 0.1) is 13.8 Å². The van der Waals surface area contributed by atoms with Gasteiger partial charge >= 0.3 is 0 Å². The summed E-state index contributed by atoms with van der Waals surface area (Å²) in [4.78, 5) is 25.1. The van der Waals surface area contributed by atoms with Crippen molar-refractivity contribution in [2.24, 2.45) is 0 Å². The van der Waals surface area contributed by atoms with Gasteiger partial charge < -0.3 is 5.32 Å². The molecule has 1 amide bonds. The number of carbonyl (C=O) groups is 1. The highest BCUT2D eigenvalue weighted by atomic mass is 16.2. The van der Waals surface area contributed by atoms with Gasteiger partial charge in [-0.15, -0.1) is 5.10 Å². The van der Waals surface area contributed by atoms with E-state index >= 15 is 0 Å². The number of nitrogens with zero attached hydrogens (tertiary/aromatic N) is 6. The first-order valence-corrected chi connectivity index (χ1v) is 8.63. The number of hydrogen-bond donors (Lipinski definition) is 1. The average molecular weight is 375 g/mol. The van der Waals surface area contributed by atoms with E-state index in [0.29, 0.717) is 16.8 Å². The number of aryl methyl sites for hydroxylation is 2. The summed E-state index contributed by atoms with van der Waals surface area (Å²) >= 11 is 0. The summed E-state index contributed by atoms with van der Waals surface area (Å²) in [5, 5.41) is 19.5. The highest BCUT2D eigenvalue weighted by Gasteiger charge is 2.12. The molecule has 4 rings (SSSR count). The number of fused-ring (bicyclic) bond motifs is 1. The second kappa shape index (κ2) is 7.03. The van der Waals surface area contributed by atoms with E-state index < -0.39 is 0 Å². The van der Waals surface area contributed by atoms with Gasteiger partial charge in [-0.3, -0.25) is 9.59 Å². The van der Waals surface area contributed by atoms with E-state index in [1.807, 2.05) is 38.1 Å². The predicted molar refractivity (Wildman–Crippen MR) is 103 cm³/mol. The van der Waals surface area contributed by atoms with E-state index in [4.69, 9.17) is 0 Å². The van der Waals surface area contributed by atoms with Crippen LogP contribution in [0.4, 0.5) is 5.69 Å². The molecule has 2 aromatic heterocycles. The smallest absolute Gasteiger partial charge is 0.275 e. The molecule has 1 N–H and O–H groups in total. The Balaban J connectivity index is 1.55. The Morgan fingerprint density at radius 3 is 2.61 bits per heavy atom. The van der Waals surface area contributed by atoms with Crippen molar-refractivity contribution >= 4 is 22.4 Å². The Kier molecular flexibility index (Phi) is 4.40. The minimum absolute atomic E-state index is 0.168. The maximum atomic E-state index is 12.6. The van der Waals surface area contributed by atoms with Crippen molar-refractivity contribution in [3.05, 3.63) is 70.4 Å². The van der Waals surface area contributed by atoms with E-state index in [-0.39, 0.29) is 18.0 Å². The normalized spacial score (nSPS) is 10.9. The molecule has 4 aromatic rings. The number of tetrazole rings is 1. The van der Waals surface area contributed by atoms with Crippen molar-refractivity contribution in [2.75, 3.05) is 5.32 Å². The number of aromatic nitrogens is 6. The fraction of sp³-hybridized carbons (Fsp3) is 0.158. The van der Waals surface area contributed by atoms with Gasteiger partial charge in [0.1, 0.15) is 12.9 Å². The first-order valence-electron chi connectivity index (χ1n) is 8.63. The van der Waals surface area contributed by atoms with Crippen molar-refractivity contribution in [1.29, 1.82) is 0 Å². The van der Waals surface area contributed by atoms with Crippen LogP contribution in [-0.2, 0) is 11.3 Å². The first kappa shape index (κ1) is 17.5. The molecular formula is C19H17N7O2. The third kappa shape index (κ3) is 3.25. The SMILES string of the molecule is Cc1cc(NC(=O)Cn2nc(C)c3ccccc3c2=O)ccc1-n1cnnn1. The van der Waals surface area contributed by atoms with Gasteiger partial charge in [0.15, 0.2) is 0 Å². The fourth-order valence-corrected chi connectivity index (χ4v) is 3.11. The lowest BCUT2D eigenvalue weighted by Crippen LogP contribution is -2.30. The van der Waals surface area contributed by atoms with E-state index in [0.717, 1.165) is 16.6 Å². The van der Waals surface area contributed by atoms with Crippen LogP contribution < -0.4 is 10.9 Å². The molecule has 0 radical (unpaired) electrons. The molecule has 2 aromatic carbocycles. The minimum atomic E-state index is -0.334. The fourth-order valence-electron chi connectivity index (χ4n) is 3.11. The van der Waals surface area contributed by atoms with Gasteiger partial charge in [0.2, 0.25) is 5.91 Å². The topological polar surface area (TPSA) is 108 Å². The average Bonchev–Trinajstić information content (AvgIpc) is 3.20. The number of anilines is 1. The molecule has 140 valence electrons. The summed E-state index contributed by atoms with van der Waals surface area (Å²) in [6, 6.07) is 12.6. The lowest BCUT2D eigenvalue weighted by atomic mass is 10.1. The molecule has 0 aliphatic heterocycles. The molecule has 0 bridgehead atoms. The molecule has 0 unspecified atom stereocenters. The molecule has 0 aliphatic rings. The largest absolute Gasteiger partial charge is 0.324 e. The lowest BCUT2D eigenvalue weighted by molar-refractivity contribution is -0.117. The number of amides is 1. The van der Waals surface area contributed by atoms with Crippen LogP contribution in [0.2, 0.25) is 0 Å². The van der Waals surface area contributed by atoms with Gasteiger partial charge in [0.05, 0.1) is 16.8 Å². The molecule has 0 aliphatic carbocycles. The number of carbonyl (C=O) groups excluding carboxylic acids is 1. The van der Waals surface area contributed by atoms with Crippen molar-refractivity contribution in [2.45, 2.75) is 20.4 Å². The molecule has 0 saturated heterocycles. The summed E-state index contributed by atoms with van der Waals surface area (Å²) in [5.74, 6) is -0.334. The van der Waals surface area contributed by atoms with Crippen molar-refractivity contribution in [1.82, 2.24) is 30.0 Å². The molecule has 0 spiro atoms. The van der Waals surface area contributed by atoms with Gasteiger partial charge in [-0.2, -0.15) is 5.10 Å². The Bertz CT molecular complexity index is 1230. The number of rotatable bonds is 4. The molecule has 0 fully saturated rings. The Morgan fingerprint density at radius 1 is 1.11 bits per heavy atom. The van der Waals surface area contributed by atoms with Crippen LogP contribution in [-0.4, -0.2) is 35.9 Å². The highest BCUT2D eigenvalue weighted by molar-refractivity contribution is 5.91. The van der Waals surface area contributed by atoms with Crippen LogP contribution >= 0.6 is 0 Å². The van der Waals surface area contributed by atoms with Crippen LogP contribution in [0.3, 0.4) is 0 Å². The second-order valence-electron chi connectivity index (χ2n) is 6.40. The molecule has 2 heterocycles. The summed E-state index contributed by atoms with van der Waals surface area (Å²) in [6.07, 6.45) is 1.50. The second-order valence-corrected chi connectivity index (χ2v) is 6.40. The summed E-state index contributed by atoms with van der Waals surface area (Å²) < 4.78 is 2.73. The molecular weight excluding hydrogens is 358 g/mol. The number of hydrogen-bond acceptors (Lipinski definition) is 6. The van der Waals surface area contributed by atoms with Crippen molar-refractivity contribution < 1.29 is 4.79 Å². The third-order valence-corrected chi connectivity index (χ3v) is 4.42. The summed E-state index contributed by atoms with van der Waals surface area (Å²) in [5.41, 5.74) is 2.73. The van der Waals surface area contributed by atoms with Crippen LogP contribution in [0.25, 0.3) is 16.5 Å². The van der Waals surface area contributed by atoms with Gasteiger partial charge in [-0.25, -0.2) is 9.36 Å². The number of nitrogens with one attached hydrogen (secondary N) is 1. The maximum absolute atomic E-state index is 12.6. The Hall–Kier alpha value is -3.88. The first-order chi connectivity index (χ1) is 13.5. The van der Waals surface area contributed by atoms with Crippen LogP contribution in [0.1, 0.15) is 11.3 Å². The lowest BCUT2D eigenvalue weighted by Gasteiger charge is -2.11. The zero-order valence-electron chi connectivity index (χ0n) is 15.3. The number of benzene rings is 2. The standard InChI is InChI=1S/C19H17N7O2/c1-12-9-14(7-8-17(12)26-11-20-23-24-26)21-18(27)10-25-19(28)16-6-4-3-5-15(16)13(2)22-25/h3-9,11H,10H2,1-2H3,(H,21,27). The Labute approximate surface area is 159 Å². The summed E-state index contributed by atoms with van der Waals surface area (Å²) in [6.45, 7) is 3.54. The van der Waals surface area contributed by atoms with Crippen molar-refractivity contribution in [3.63, 3.8) is 0 Å². The maximum Gasteiger partial charge on any atom is 0.275 e. The van der Waals surface area contributed by atoms with Crippen LogP contribution in [0.15, 0.2) is 53.6 Å². The molecule has 9 nitrogen and oxygen atoms in total. The highest BCUT2D eigenvalue weighted by Crippen LogP contribution is 2.18. The van der Waals surface area contributed by atoms with Gasteiger partial charge in [-0.05, 0) is 54.1 Å². The molecule has 28 heavy (non-hydrogen) atoms. The Morgan fingerprint density at radius 2 is 1.89 bits per heavy atom. The quantitative estimate of drug-likeness (QED) is 0.581. The van der Waals surface area contributed by atoms with E-state index in [1.165, 1.54) is 11.0 Å². The van der Waals surface area contributed by atoms with Crippen molar-refractivity contribution in [3.8, 4) is 5.69 Å². The van der Waals surface area contributed by atoms with E-state index in [1.54, 1.807) is 22.9 Å². The summed E-state index contributed by atoms with van der Waals surface area (Å²) in [7, 11) is 0. The predicted octanol–water partition coefficient (Wildman–Crippen LogP) is 1.63. The zero-order valence-corrected chi connectivity index (χ0v) is 15.3. The van der Waals surface area contributed by atoms with E-state index in [9.17, 15) is 9.59 Å². The van der Waals surface area contributed by atoms with Gasteiger partial charge in [-0.1, -0.05) is 18.2 Å². The molecule has 0 saturated carbocycles. The van der Waals surface area contributed by atoms with Gasteiger partial charge in [0, 0.05) is 11.1 Å². The molecule has 9 heteroatoms. The van der Waals surface area contributed by atoms with Gasteiger partial charge in [0.25, 0.3) is 5.56 Å². The van der Waals surface area contributed by atoms with Crippen LogP contribution in [0.5, 0.6) is 0 Å².